The minimum absolute atomic E-state index is 0. The van der Waals surface area contributed by atoms with Gasteiger partial charge in [0.25, 0.3) is 0 Å². The fraction of sp³-hybridized carbons (Fsp3) is 0.387. The van der Waals surface area contributed by atoms with Gasteiger partial charge in [-0.15, -0.1) is 0 Å². The number of aromatic nitrogens is 1. The van der Waals surface area contributed by atoms with E-state index in [1.807, 2.05) is 32.0 Å². The molecule has 0 bridgehead atoms. The molecule has 3 nitrogen and oxygen atoms in total. The van der Waals surface area contributed by atoms with E-state index in [0.717, 1.165) is 47.0 Å². The average molecular weight is 513 g/mol. The van der Waals surface area contributed by atoms with Gasteiger partial charge in [0.05, 0.1) is 34.2 Å². The van der Waals surface area contributed by atoms with Gasteiger partial charge in [-0.2, -0.15) is 0 Å². The van der Waals surface area contributed by atoms with Crippen LogP contribution in [0, 0.1) is 0 Å². The van der Waals surface area contributed by atoms with Crippen molar-refractivity contribution in [3.8, 4) is 0 Å². The molecule has 0 aliphatic carbocycles. The number of aliphatic imine (C=N–C) groups is 2. The van der Waals surface area contributed by atoms with Crippen LogP contribution in [0.15, 0.2) is 64.6 Å². The Morgan fingerprint density at radius 1 is 0.686 bits per heavy atom. The zero-order valence-electron chi connectivity index (χ0n) is 22.4. The Labute approximate surface area is 222 Å². The molecule has 0 aliphatic heterocycles. The van der Waals surface area contributed by atoms with E-state index in [0.29, 0.717) is 11.8 Å². The summed E-state index contributed by atoms with van der Waals surface area (Å²) >= 11 is 0. The SMILES string of the molecule is CCc1ccc(N=C(C)c2cccc(C(C)=Nc3ccc(CC)cc3C(C)C)n2)c(C(C)C)c1.[Co]. The van der Waals surface area contributed by atoms with Gasteiger partial charge in [-0.1, -0.05) is 71.9 Å². The summed E-state index contributed by atoms with van der Waals surface area (Å²) in [7, 11) is 0. The molecule has 1 heterocycles. The molecule has 0 spiro atoms. The van der Waals surface area contributed by atoms with Crippen LogP contribution in [-0.4, -0.2) is 16.4 Å². The van der Waals surface area contributed by atoms with Crippen LogP contribution in [0.25, 0.3) is 0 Å². The largest absolute Gasteiger partial charge is 0.251 e. The summed E-state index contributed by atoms with van der Waals surface area (Å²) in [6.07, 6.45) is 2.06. The molecule has 4 heteroatoms. The predicted octanol–water partition coefficient (Wildman–Crippen LogP) is 8.73. The monoisotopic (exact) mass is 512 g/mol. The van der Waals surface area contributed by atoms with E-state index in [4.69, 9.17) is 15.0 Å². The van der Waals surface area contributed by atoms with Crippen molar-refractivity contribution in [3.05, 3.63) is 88.2 Å². The topological polar surface area (TPSA) is 37.6 Å². The standard InChI is InChI=1S/C31H39N3.Co/c1-9-24-14-16-30(26(18-24)20(3)4)32-22(7)28-12-11-13-29(34-28)23(8)33-31-17-15-25(10-2)19-27(31)21(5)6;/h11-21H,9-10H2,1-8H3;. The van der Waals surface area contributed by atoms with E-state index >= 15 is 0 Å². The number of aryl methyl sites for hydroxylation is 2. The Morgan fingerprint density at radius 2 is 1.09 bits per heavy atom. The molecule has 0 atom stereocenters. The van der Waals surface area contributed by atoms with Crippen LogP contribution in [0.5, 0.6) is 0 Å². The van der Waals surface area contributed by atoms with Crippen LogP contribution in [0.3, 0.4) is 0 Å². The van der Waals surface area contributed by atoms with Crippen LogP contribution in [0.2, 0.25) is 0 Å². The quantitative estimate of drug-likeness (QED) is 0.278. The summed E-state index contributed by atoms with van der Waals surface area (Å²) in [6.45, 7) is 17.3. The predicted molar refractivity (Wildman–Crippen MR) is 148 cm³/mol. The molecule has 1 radical (unpaired) electrons. The van der Waals surface area contributed by atoms with Gasteiger partial charge < -0.3 is 0 Å². The fourth-order valence-corrected chi connectivity index (χ4v) is 4.09. The molecular formula is C31H39CoN3. The molecule has 0 amide bonds. The van der Waals surface area contributed by atoms with E-state index in [1.54, 1.807) is 0 Å². The number of benzene rings is 2. The molecule has 0 fully saturated rings. The second-order valence-electron chi connectivity index (χ2n) is 9.61. The zero-order chi connectivity index (χ0) is 24.8. The van der Waals surface area contributed by atoms with E-state index in [2.05, 4.69) is 77.9 Å². The van der Waals surface area contributed by atoms with Gasteiger partial charge in [0, 0.05) is 16.8 Å². The first-order chi connectivity index (χ1) is 16.2. The smallest absolute Gasteiger partial charge is 0.0849 e. The maximum atomic E-state index is 4.98. The molecule has 0 aliphatic rings. The Balaban J connectivity index is 0.00000432. The van der Waals surface area contributed by atoms with Crippen molar-refractivity contribution in [2.24, 2.45) is 9.98 Å². The van der Waals surface area contributed by atoms with Gasteiger partial charge in [0.2, 0.25) is 0 Å². The first-order valence-corrected chi connectivity index (χ1v) is 12.6. The molecule has 0 N–H and O–H groups in total. The van der Waals surface area contributed by atoms with Crippen molar-refractivity contribution in [1.82, 2.24) is 4.98 Å². The van der Waals surface area contributed by atoms with E-state index in [-0.39, 0.29) is 16.8 Å². The molecule has 187 valence electrons. The Kier molecular flexibility index (Phi) is 10.6. The maximum Gasteiger partial charge on any atom is 0.0849 e. The second kappa shape index (κ2) is 12.9. The van der Waals surface area contributed by atoms with Crippen molar-refractivity contribution < 1.29 is 16.8 Å². The van der Waals surface area contributed by atoms with Crippen LogP contribution in [-0.2, 0) is 29.6 Å². The third-order valence-corrected chi connectivity index (χ3v) is 6.31. The Bertz CT molecular complexity index is 1110. The van der Waals surface area contributed by atoms with Crippen LogP contribution >= 0.6 is 0 Å². The van der Waals surface area contributed by atoms with Gasteiger partial charge in [-0.3, -0.25) is 9.98 Å². The van der Waals surface area contributed by atoms with Crippen LogP contribution in [0.4, 0.5) is 11.4 Å². The molecule has 0 saturated carbocycles. The summed E-state index contributed by atoms with van der Waals surface area (Å²) in [4.78, 5) is 14.9. The van der Waals surface area contributed by atoms with Crippen LogP contribution < -0.4 is 0 Å². The summed E-state index contributed by atoms with van der Waals surface area (Å²) in [5.74, 6) is 0.835. The van der Waals surface area contributed by atoms with Crippen molar-refractivity contribution in [2.75, 3.05) is 0 Å². The van der Waals surface area contributed by atoms with E-state index in [1.165, 1.54) is 22.3 Å². The first-order valence-electron chi connectivity index (χ1n) is 12.6. The normalized spacial score (nSPS) is 12.3. The minimum Gasteiger partial charge on any atom is -0.251 e. The first kappa shape index (κ1) is 28.7. The summed E-state index contributed by atoms with van der Waals surface area (Å²) in [5.41, 5.74) is 10.9. The van der Waals surface area contributed by atoms with Gasteiger partial charge in [-0.25, -0.2) is 4.98 Å². The van der Waals surface area contributed by atoms with Gasteiger partial charge in [-0.05, 0) is 85.0 Å². The molecule has 2 aromatic carbocycles. The number of hydrogen-bond donors (Lipinski definition) is 0. The summed E-state index contributed by atoms with van der Waals surface area (Å²) in [6, 6.07) is 19.3. The van der Waals surface area contributed by atoms with Crippen molar-refractivity contribution >= 4 is 22.8 Å². The molecule has 35 heavy (non-hydrogen) atoms. The maximum absolute atomic E-state index is 4.98. The summed E-state index contributed by atoms with van der Waals surface area (Å²) in [5, 5.41) is 0. The molecule has 3 aromatic rings. The van der Waals surface area contributed by atoms with Crippen molar-refractivity contribution in [3.63, 3.8) is 0 Å². The van der Waals surface area contributed by atoms with Crippen molar-refractivity contribution in [1.29, 1.82) is 0 Å². The van der Waals surface area contributed by atoms with Gasteiger partial charge in [0.1, 0.15) is 0 Å². The summed E-state index contributed by atoms with van der Waals surface area (Å²) < 4.78 is 0. The number of nitrogens with zero attached hydrogens (tertiary/aromatic N) is 3. The second-order valence-corrected chi connectivity index (χ2v) is 9.61. The van der Waals surface area contributed by atoms with Gasteiger partial charge >= 0.3 is 0 Å². The van der Waals surface area contributed by atoms with Crippen LogP contribution in [0.1, 0.15) is 101 Å². The third-order valence-electron chi connectivity index (χ3n) is 6.31. The molecule has 0 unspecified atom stereocenters. The minimum atomic E-state index is 0. The van der Waals surface area contributed by atoms with Gasteiger partial charge in [0.15, 0.2) is 0 Å². The molecular weight excluding hydrogens is 473 g/mol. The van der Waals surface area contributed by atoms with Crippen molar-refractivity contribution in [2.45, 2.75) is 80.1 Å². The fourth-order valence-electron chi connectivity index (χ4n) is 4.09. The molecule has 3 rings (SSSR count). The number of rotatable bonds is 8. The third kappa shape index (κ3) is 7.22. The average Bonchev–Trinajstić information content (AvgIpc) is 2.84. The number of hydrogen-bond acceptors (Lipinski definition) is 3. The van der Waals surface area contributed by atoms with E-state index < -0.39 is 0 Å². The molecule has 1 aromatic heterocycles. The zero-order valence-corrected chi connectivity index (χ0v) is 23.5. The Hall–Kier alpha value is -2.56. The Morgan fingerprint density at radius 3 is 1.43 bits per heavy atom. The van der Waals surface area contributed by atoms with E-state index in [9.17, 15) is 0 Å². The molecule has 0 saturated heterocycles. The number of pyridine rings is 1.